The summed E-state index contributed by atoms with van der Waals surface area (Å²) in [6.07, 6.45) is -0.0279. The third-order valence-electron chi connectivity index (χ3n) is 3.78. The van der Waals surface area contributed by atoms with Gasteiger partial charge in [-0.25, -0.2) is 0 Å². The van der Waals surface area contributed by atoms with Gasteiger partial charge in [-0.1, -0.05) is 24.3 Å². The van der Waals surface area contributed by atoms with Crippen molar-refractivity contribution in [3.05, 3.63) is 59.2 Å². The zero-order chi connectivity index (χ0) is 14.1. The van der Waals surface area contributed by atoms with Gasteiger partial charge in [0.25, 0.3) is 0 Å². The molecule has 2 aromatic rings. The molecule has 0 amide bonds. The molecule has 2 aromatic carbocycles. The summed E-state index contributed by atoms with van der Waals surface area (Å²) < 4.78 is 11.3. The Morgan fingerprint density at radius 2 is 2.00 bits per heavy atom. The van der Waals surface area contributed by atoms with Crippen LogP contribution in [0.25, 0.3) is 0 Å². The van der Waals surface area contributed by atoms with Crippen LogP contribution in [0, 0.1) is 6.92 Å². The van der Waals surface area contributed by atoms with E-state index in [1.54, 1.807) is 7.11 Å². The molecule has 2 atom stereocenters. The van der Waals surface area contributed by atoms with Crippen LogP contribution in [-0.2, 0) is 0 Å². The van der Waals surface area contributed by atoms with Crippen molar-refractivity contribution < 1.29 is 14.6 Å². The smallest absolute Gasteiger partial charge is 0.127 e. The lowest BCUT2D eigenvalue weighted by molar-refractivity contribution is 0.0657. The van der Waals surface area contributed by atoms with Crippen LogP contribution < -0.4 is 9.47 Å². The molecule has 3 rings (SSSR count). The third-order valence-corrected chi connectivity index (χ3v) is 3.78. The first kappa shape index (κ1) is 13.0. The van der Waals surface area contributed by atoms with Crippen LogP contribution >= 0.6 is 0 Å². The molecular weight excluding hydrogens is 252 g/mol. The Labute approximate surface area is 118 Å². The van der Waals surface area contributed by atoms with Crippen LogP contribution in [0.4, 0.5) is 0 Å². The van der Waals surface area contributed by atoms with Crippen molar-refractivity contribution in [1.82, 2.24) is 0 Å². The Balaban J connectivity index is 1.91. The van der Waals surface area contributed by atoms with Crippen molar-refractivity contribution in [2.75, 3.05) is 7.11 Å². The lowest BCUT2D eigenvalue weighted by atomic mass is 9.94. The molecule has 0 spiro atoms. The normalized spacial score (nSPS) is 20.9. The number of aryl methyl sites for hydroxylation is 1. The highest BCUT2D eigenvalue weighted by atomic mass is 16.5. The quantitative estimate of drug-likeness (QED) is 0.906. The van der Waals surface area contributed by atoms with Crippen LogP contribution in [0.1, 0.15) is 35.3 Å². The zero-order valence-corrected chi connectivity index (χ0v) is 11.7. The second kappa shape index (κ2) is 5.17. The van der Waals surface area contributed by atoms with Crippen LogP contribution in [-0.4, -0.2) is 12.2 Å². The number of methoxy groups -OCH3 is 1. The molecule has 1 unspecified atom stereocenters. The lowest BCUT2D eigenvalue weighted by Gasteiger charge is -2.30. The predicted octanol–water partition coefficient (Wildman–Crippen LogP) is 3.56. The standard InChI is InChI=1S/C17H18O3/c1-11-9-12(7-8-15(11)19-2)17-10-14(18)13-5-3-4-6-16(13)20-17/h3-9,14,17-18H,10H2,1-2H3/t14-,17?/m0/s1. The highest BCUT2D eigenvalue weighted by molar-refractivity contribution is 5.41. The van der Waals surface area contributed by atoms with E-state index in [0.717, 1.165) is 28.2 Å². The molecule has 1 aliphatic rings. The van der Waals surface area contributed by atoms with Crippen molar-refractivity contribution in [2.45, 2.75) is 25.6 Å². The minimum Gasteiger partial charge on any atom is -0.496 e. The molecule has 0 saturated carbocycles. The van der Waals surface area contributed by atoms with Crippen LogP contribution in [0.15, 0.2) is 42.5 Å². The van der Waals surface area contributed by atoms with E-state index in [1.165, 1.54) is 0 Å². The van der Waals surface area contributed by atoms with Gasteiger partial charge < -0.3 is 14.6 Å². The summed E-state index contributed by atoms with van der Waals surface area (Å²) in [7, 11) is 1.67. The maximum Gasteiger partial charge on any atom is 0.127 e. The van der Waals surface area contributed by atoms with Gasteiger partial charge in [0.15, 0.2) is 0 Å². The van der Waals surface area contributed by atoms with Gasteiger partial charge in [0.05, 0.1) is 13.2 Å². The zero-order valence-electron chi connectivity index (χ0n) is 11.7. The summed E-state index contributed by atoms with van der Waals surface area (Å²) >= 11 is 0. The molecule has 3 heteroatoms. The Bertz CT molecular complexity index is 621. The minimum atomic E-state index is -0.479. The van der Waals surface area contributed by atoms with Crippen LogP contribution in [0.3, 0.4) is 0 Å². The van der Waals surface area contributed by atoms with E-state index in [2.05, 4.69) is 6.07 Å². The average molecular weight is 270 g/mol. The van der Waals surface area contributed by atoms with Crippen LogP contribution in [0.2, 0.25) is 0 Å². The summed E-state index contributed by atoms with van der Waals surface area (Å²) in [5.41, 5.74) is 3.01. The third kappa shape index (κ3) is 2.25. The van der Waals surface area contributed by atoms with Gasteiger partial charge >= 0.3 is 0 Å². The van der Waals surface area contributed by atoms with E-state index in [9.17, 15) is 5.11 Å². The molecule has 0 saturated heterocycles. The van der Waals surface area contributed by atoms with Gasteiger partial charge in [-0.05, 0) is 36.2 Å². The van der Waals surface area contributed by atoms with E-state index in [4.69, 9.17) is 9.47 Å². The van der Waals surface area contributed by atoms with E-state index in [-0.39, 0.29) is 6.10 Å². The maximum absolute atomic E-state index is 10.3. The fraction of sp³-hybridized carbons (Fsp3) is 0.294. The number of para-hydroxylation sites is 1. The topological polar surface area (TPSA) is 38.7 Å². The summed E-state index contributed by atoms with van der Waals surface area (Å²) in [6.45, 7) is 2.01. The number of aliphatic hydroxyl groups is 1. The van der Waals surface area contributed by atoms with E-state index in [1.807, 2.05) is 43.3 Å². The molecule has 0 radical (unpaired) electrons. The monoisotopic (exact) mass is 270 g/mol. The van der Waals surface area contributed by atoms with Gasteiger partial charge in [-0.2, -0.15) is 0 Å². The number of ether oxygens (including phenoxy) is 2. The molecule has 1 aliphatic heterocycles. The molecule has 104 valence electrons. The highest BCUT2D eigenvalue weighted by Gasteiger charge is 2.27. The van der Waals surface area contributed by atoms with Gasteiger partial charge in [0.2, 0.25) is 0 Å². The van der Waals surface area contributed by atoms with Crippen molar-refractivity contribution in [3.63, 3.8) is 0 Å². The van der Waals surface area contributed by atoms with Crippen LogP contribution in [0.5, 0.6) is 11.5 Å². The minimum absolute atomic E-state index is 0.121. The SMILES string of the molecule is COc1ccc(C2C[C@H](O)c3ccccc3O2)cc1C. The largest absolute Gasteiger partial charge is 0.496 e. The highest BCUT2D eigenvalue weighted by Crippen LogP contribution is 2.41. The van der Waals surface area contributed by atoms with Gasteiger partial charge in [0, 0.05) is 12.0 Å². The fourth-order valence-electron chi connectivity index (χ4n) is 2.70. The summed E-state index contributed by atoms with van der Waals surface area (Å²) in [4.78, 5) is 0. The van der Waals surface area contributed by atoms with E-state index < -0.39 is 6.10 Å². The molecule has 0 aromatic heterocycles. The second-order valence-corrected chi connectivity index (χ2v) is 5.12. The molecule has 20 heavy (non-hydrogen) atoms. The number of hydrogen-bond acceptors (Lipinski definition) is 3. The number of rotatable bonds is 2. The summed E-state index contributed by atoms with van der Waals surface area (Å²) in [5.74, 6) is 1.63. The van der Waals surface area contributed by atoms with Crippen molar-refractivity contribution in [2.24, 2.45) is 0 Å². The van der Waals surface area contributed by atoms with Crippen molar-refractivity contribution in [3.8, 4) is 11.5 Å². The molecule has 1 N–H and O–H groups in total. The molecule has 3 nitrogen and oxygen atoms in total. The molecule has 0 aliphatic carbocycles. The van der Waals surface area contributed by atoms with Gasteiger partial charge in [0.1, 0.15) is 17.6 Å². The maximum atomic E-state index is 10.3. The van der Waals surface area contributed by atoms with Gasteiger partial charge in [-0.3, -0.25) is 0 Å². The number of hydrogen-bond donors (Lipinski definition) is 1. The Hall–Kier alpha value is -2.00. The molecule has 1 heterocycles. The Kier molecular flexibility index (Phi) is 3.36. The number of benzene rings is 2. The fourth-order valence-corrected chi connectivity index (χ4v) is 2.70. The second-order valence-electron chi connectivity index (χ2n) is 5.12. The first-order chi connectivity index (χ1) is 9.69. The molecular formula is C17H18O3. The van der Waals surface area contributed by atoms with Crippen molar-refractivity contribution >= 4 is 0 Å². The lowest BCUT2D eigenvalue weighted by Crippen LogP contribution is -2.19. The molecule has 0 bridgehead atoms. The van der Waals surface area contributed by atoms with Gasteiger partial charge in [-0.15, -0.1) is 0 Å². The summed E-state index contributed by atoms with van der Waals surface area (Å²) in [5, 5.41) is 10.3. The Morgan fingerprint density at radius 3 is 2.75 bits per heavy atom. The van der Waals surface area contributed by atoms with Crippen molar-refractivity contribution in [1.29, 1.82) is 0 Å². The molecule has 0 fully saturated rings. The average Bonchev–Trinajstić information content (AvgIpc) is 2.47. The van der Waals surface area contributed by atoms with E-state index in [0.29, 0.717) is 6.42 Å². The number of fused-ring (bicyclic) bond motifs is 1. The summed E-state index contributed by atoms with van der Waals surface area (Å²) in [6, 6.07) is 13.7. The Morgan fingerprint density at radius 1 is 1.20 bits per heavy atom. The number of aliphatic hydroxyl groups excluding tert-OH is 1. The first-order valence-electron chi connectivity index (χ1n) is 6.77. The first-order valence-corrected chi connectivity index (χ1v) is 6.77. The van der Waals surface area contributed by atoms with E-state index >= 15 is 0 Å². The predicted molar refractivity (Wildman–Crippen MR) is 77.1 cm³/mol.